The van der Waals surface area contributed by atoms with Crippen molar-refractivity contribution in [3.05, 3.63) is 0 Å². The highest BCUT2D eigenvalue weighted by molar-refractivity contribution is 5.96. The number of aliphatic hydroxyl groups is 3. The summed E-state index contributed by atoms with van der Waals surface area (Å²) in [6.07, 6.45) is 1.81. The van der Waals surface area contributed by atoms with Gasteiger partial charge in [0.25, 0.3) is 0 Å². The van der Waals surface area contributed by atoms with E-state index in [1.165, 1.54) is 16.7 Å². The Kier molecular flexibility index (Phi) is 11.4. The molecule has 0 aromatic heterocycles. The summed E-state index contributed by atoms with van der Waals surface area (Å²) in [4.78, 5) is 77.2. The summed E-state index contributed by atoms with van der Waals surface area (Å²) in [6, 6.07) is -7.37. The molecule has 0 aromatic rings. The van der Waals surface area contributed by atoms with Crippen molar-refractivity contribution >= 4 is 35.5 Å². The third-order valence-corrected chi connectivity index (χ3v) is 6.48. The van der Waals surface area contributed by atoms with E-state index in [0.29, 0.717) is 25.8 Å². The number of rotatable bonds is 12. The van der Waals surface area contributed by atoms with Crippen molar-refractivity contribution in [2.75, 3.05) is 32.9 Å². The molecule has 9 N–H and O–H groups in total. The normalized spacial score (nSPS) is 22.2. The maximum atomic E-state index is 13.3. The fourth-order valence-electron chi connectivity index (χ4n) is 4.43. The molecule has 2 heterocycles. The van der Waals surface area contributed by atoms with Gasteiger partial charge in [-0.2, -0.15) is 0 Å². The number of nitrogens with one attached hydrogen (secondary N) is 3. The summed E-state index contributed by atoms with van der Waals surface area (Å²) in [6.45, 7) is -0.602. The van der Waals surface area contributed by atoms with Gasteiger partial charge in [0, 0.05) is 13.1 Å². The van der Waals surface area contributed by atoms with E-state index in [-0.39, 0.29) is 18.9 Å². The number of hydrogen-bond donors (Lipinski definition) is 8. The fraction of sp³-hybridized carbons (Fsp3) is 0.727. The molecule has 2 fully saturated rings. The Morgan fingerprint density at radius 3 is 1.76 bits per heavy atom. The number of likely N-dealkylation sites (tertiary alicyclic amines) is 2. The molecule has 16 nitrogen and oxygen atoms in total. The van der Waals surface area contributed by atoms with Gasteiger partial charge >= 0.3 is 5.97 Å². The highest BCUT2D eigenvalue weighted by Gasteiger charge is 2.43. The Balaban J connectivity index is 2.04. The molecule has 0 aromatic carbocycles. The first kappa shape index (κ1) is 30.9. The number of aliphatic hydroxyl groups excluding tert-OH is 3. The number of hydrogen-bond acceptors (Lipinski definition) is 10. The smallest absolute Gasteiger partial charge is 0.328 e. The molecule has 5 amide bonds. The molecule has 0 saturated carbocycles. The molecule has 0 unspecified atom stereocenters. The van der Waals surface area contributed by atoms with Crippen LogP contribution in [0.2, 0.25) is 0 Å². The van der Waals surface area contributed by atoms with Crippen molar-refractivity contribution in [3.63, 3.8) is 0 Å². The maximum Gasteiger partial charge on any atom is 0.328 e. The molecule has 2 aliphatic heterocycles. The Morgan fingerprint density at radius 1 is 0.789 bits per heavy atom. The minimum Gasteiger partial charge on any atom is -0.480 e. The Morgan fingerprint density at radius 2 is 1.26 bits per heavy atom. The molecule has 0 bridgehead atoms. The largest absolute Gasteiger partial charge is 0.480 e. The molecule has 214 valence electrons. The second-order valence-corrected chi connectivity index (χ2v) is 9.24. The number of nitrogens with zero attached hydrogens (tertiary/aromatic N) is 2. The molecule has 0 spiro atoms. The highest BCUT2D eigenvalue weighted by Crippen LogP contribution is 2.25. The molecule has 2 aliphatic rings. The lowest BCUT2D eigenvalue weighted by atomic mass is 10.1. The molecule has 6 atom stereocenters. The first-order valence-corrected chi connectivity index (χ1v) is 12.3. The van der Waals surface area contributed by atoms with Crippen LogP contribution < -0.4 is 21.7 Å². The highest BCUT2D eigenvalue weighted by atomic mass is 16.4. The fourth-order valence-corrected chi connectivity index (χ4v) is 4.43. The van der Waals surface area contributed by atoms with Crippen LogP contribution in [-0.2, 0) is 28.8 Å². The van der Waals surface area contributed by atoms with Gasteiger partial charge in [0.05, 0.1) is 25.9 Å². The van der Waals surface area contributed by atoms with E-state index in [0.717, 1.165) is 0 Å². The van der Waals surface area contributed by atoms with E-state index in [4.69, 9.17) is 15.9 Å². The molecule has 38 heavy (non-hydrogen) atoms. The molecule has 16 heteroatoms. The standard InChI is InChI=1S/C22H36N6O10/c1-11(23)20(35)28-7-3-5-16(28)21(36)27-6-2-4-15(27)19(34)25-13(9-30)17(32)24-12(8-29)18(33)26-14(10-31)22(37)38/h11-16,29-31H,2-10,23H2,1H3,(H,24,32)(H,25,34)(H,26,33)(H,37,38)/t11-,12-,13-,14-,15-,16-/m0/s1. The number of aliphatic carboxylic acids is 1. The van der Waals surface area contributed by atoms with Crippen molar-refractivity contribution in [3.8, 4) is 0 Å². The van der Waals surface area contributed by atoms with Gasteiger partial charge in [0.2, 0.25) is 29.5 Å². The van der Waals surface area contributed by atoms with Crippen LogP contribution in [0, 0.1) is 0 Å². The average Bonchev–Trinajstić information content (AvgIpc) is 3.57. The summed E-state index contributed by atoms with van der Waals surface area (Å²) < 4.78 is 0. The third kappa shape index (κ3) is 7.37. The zero-order valence-electron chi connectivity index (χ0n) is 21.0. The van der Waals surface area contributed by atoms with E-state index in [1.54, 1.807) is 0 Å². The topological polar surface area (TPSA) is 252 Å². The van der Waals surface area contributed by atoms with Crippen molar-refractivity contribution in [1.82, 2.24) is 25.8 Å². The first-order chi connectivity index (χ1) is 18.0. The number of carbonyl (C=O) groups excluding carboxylic acids is 5. The lowest BCUT2D eigenvalue weighted by molar-refractivity contribution is -0.147. The van der Waals surface area contributed by atoms with Crippen LogP contribution in [0.15, 0.2) is 0 Å². The summed E-state index contributed by atoms with van der Waals surface area (Å²) in [5, 5.41) is 43.5. The third-order valence-electron chi connectivity index (χ3n) is 6.48. The van der Waals surface area contributed by atoms with Crippen LogP contribution >= 0.6 is 0 Å². The number of carbonyl (C=O) groups is 6. The monoisotopic (exact) mass is 544 g/mol. The van der Waals surface area contributed by atoms with Gasteiger partial charge in [0.15, 0.2) is 0 Å². The van der Waals surface area contributed by atoms with Crippen LogP contribution in [0.1, 0.15) is 32.6 Å². The molecule has 2 rings (SSSR count). The summed E-state index contributed by atoms with van der Waals surface area (Å²) >= 11 is 0. The second kappa shape index (κ2) is 14.0. The molecule has 0 radical (unpaired) electrons. The Hall–Kier alpha value is -3.34. The quantitative estimate of drug-likeness (QED) is 0.115. The van der Waals surface area contributed by atoms with Gasteiger partial charge in [-0.25, -0.2) is 4.79 Å². The molecular formula is C22H36N6O10. The van der Waals surface area contributed by atoms with Gasteiger partial charge in [-0.1, -0.05) is 0 Å². The minimum atomic E-state index is -1.67. The van der Waals surface area contributed by atoms with Crippen LogP contribution in [0.5, 0.6) is 0 Å². The summed E-state index contributed by atoms with van der Waals surface area (Å²) in [5.41, 5.74) is 5.69. The lowest BCUT2D eigenvalue weighted by Gasteiger charge is -2.32. The van der Waals surface area contributed by atoms with Crippen LogP contribution in [0.25, 0.3) is 0 Å². The number of amides is 5. The van der Waals surface area contributed by atoms with E-state index < -0.39 is 85.7 Å². The first-order valence-electron chi connectivity index (χ1n) is 12.3. The average molecular weight is 545 g/mol. The number of carboxylic acids is 1. The van der Waals surface area contributed by atoms with Crippen LogP contribution in [0.3, 0.4) is 0 Å². The van der Waals surface area contributed by atoms with Crippen LogP contribution in [0.4, 0.5) is 0 Å². The molecular weight excluding hydrogens is 508 g/mol. The van der Waals surface area contributed by atoms with Crippen molar-refractivity contribution in [2.24, 2.45) is 5.73 Å². The van der Waals surface area contributed by atoms with E-state index in [9.17, 15) is 39.0 Å². The predicted molar refractivity (Wildman–Crippen MR) is 128 cm³/mol. The van der Waals surface area contributed by atoms with Gasteiger partial charge in [0.1, 0.15) is 30.2 Å². The lowest BCUT2D eigenvalue weighted by Crippen LogP contribution is -2.60. The van der Waals surface area contributed by atoms with Gasteiger partial charge in [-0.3, -0.25) is 24.0 Å². The SMILES string of the molecule is C[C@H](N)C(=O)N1CCC[C@H]1C(=O)N1CCC[C@H]1C(=O)N[C@@H](CO)C(=O)N[C@@H](CO)C(=O)N[C@@H](CO)C(=O)O. The van der Waals surface area contributed by atoms with Gasteiger partial charge < -0.3 is 51.9 Å². The number of nitrogens with two attached hydrogens (primary N) is 1. The molecule has 2 saturated heterocycles. The predicted octanol–water partition coefficient (Wildman–Crippen LogP) is -5.17. The Labute approximate surface area is 218 Å². The second-order valence-electron chi connectivity index (χ2n) is 9.24. The van der Waals surface area contributed by atoms with Gasteiger partial charge in [-0.15, -0.1) is 0 Å². The Bertz CT molecular complexity index is 915. The van der Waals surface area contributed by atoms with Crippen LogP contribution in [-0.4, -0.2) is 135 Å². The zero-order chi connectivity index (χ0) is 28.6. The van der Waals surface area contributed by atoms with Crippen molar-refractivity contribution in [1.29, 1.82) is 0 Å². The van der Waals surface area contributed by atoms with E-state index in [1.807, 2.05) is 5.32 Å². The zero-order valence-corrected chi connectivity index (χ0v) is 21.0. The van der Waals surface area contributed by atoms with Gasteiger partial charge in [-0.05, 0) is 32.6 Å². The van der Waals surface area contributed by atoms with Crippen molar-refractivity contribution in [2.45, 2.75) is 68.9 Å². The number of carboxylic acid groups (broad SMARTS) is 1. The maximum absolute atomic E-state index is 13.3. The summed E-state index contributed by atoms with van der Waals surface area (Å²) in [5.74, 6) is -5.21. The minimum absolute atomic E-state index is 0.256. The van der Waals surface area contributed by atoms with E-state index >= 15 is 0 Å². The molecule has 0 aliphatic carbocycles. The summed E-state index contributed by atoms with van der Waals surface area (Å²) in [7, 11) is 0. The van der Waals surface area contributed by atoms with Crippen molar-refractivity contribution < 1.29 is 49.2 Å². The van der Waals surface area contributed by atoms with E-state index in [2.05, 4.69) is 10.6 Å².